The molecule has 0 atom stereocenters. The van der Waals surface area contributed by atoms with Gasteiger partial charge in [0.25, 0.3) is 0 Å². The van der Waals surface area contributed by atoms with Gasteiger partial charge in [0.05, 0.1) is 0 Å². The molecule has 2 fully saturated rings. The Hall–Kier alpha value is -2.56. The molecule has 10 heteroatoms. The first kappa shape index (κ1) is 26.5. The molecular formula is C26H34F3N5O2. The fraction of sp³-hybridized carbons (Fsp3) is 0.577. The van der Waals surface area contributed by atoms with E-state index < -0.39 is 11.9 Å². The maximum Gasteiger partial charge on any atom is 0.433 e. The lowest BCUT2D eigenvalue weighted by Gasteiger charge is -2.50. The molecule has 2 aliphatic rings. The number of hydrogen-bond acceptors (Lipinski definition) is 6. The minimum absolute atomic E-state index is 0.00414. The van der Waals surface area contributed by atoms with Crippen LogP contribution in [0.5, 0.6) is 0 Å². The van der Waals surface area contributed by atoms with Crippen molar-refractivity contribution in [2.24, 2.45) is 0 Å². The molecule has 0 aliphatic carbocycles. The zero-order chi connectivity index (χ0) is 25.4. The highest BCUT2D eigenvalue weighted by atomic mass is 19.4. The molecule has 1 N–H and O–H groups in total. The van der Waals surface area contributed by atoms with Crippen LogP contribution in [-0.4, -0.2) is 77.2 Å². The van der Waals surface area contributed by atoms with Crippen LogP contribution in [0.2, 0.25) is 0 Å². The van der Waals surface area contributed by atoms with E-state index in [2.05, 4.69) is 37.2 Å². The van der Waals surface area contributed by atoms with Crippen LogP contribution in [0.15, 0.2) is 42.7 Å². The highest BCUT2D eigenvalue weighted by molar-refractivity contribution is 5.89. The minimum Gasteiger partial charge on any atom is -0.381 e. The van der Waals surface area contributed by atoms with Gasteiger partial charge in [-0.1, -0.05) is 6.07 Å². The maximum absolute atomic E-state index is 12.9. The lowest BCUT2D eigenvalue weighted by Crippen LogP contribution is -2.59. The van der Waals surface area contributed by atoms with E-state index in [-0.39, 0.29) is 23.7 Å². The van der Waals surface area contributed by atoms with Gasteiger partial charge in [0.2, 0.25) is 5.91 Å². The van der Waals surface area contributed by atoms with Crippen LogP contribution in [0.4, 0.5) is 19.0 Å². The number of anilines is 1. The largest absolute Gasteiger partial charge is 0.433 e. The average molecular weight is 506 g/mol. The van der Waals surface area contributed by atoms with E-state index in [4.69, 9.17) is 4.74 Å². The summed E-state index contributed by atoms with van der Waals surface area (Å²) in [5.41, 5.74) is 0.290. The summed E-state index contributed by atoms with van der Waals surface area (Å²) in [7, 11) is 0. The van der Waals surface area contributed by atoms with Gasteiger partial charge in [-0.2, -0.15) is 13.2 Å². The first-order chi connectivity index (χ1) is 17.3. The second-order valence-corrected chi connectivity index (χ2v) is 9.58. The van der Waals surface area contributed by atoms with Gasteiger partial charge in [-0.25, -0.2) is 4.98 Å². The molecule has 4 rings (SSSR count). The molecule has 2 aromatic rings. The molecule has 2 aromatic heterocycles. The third kappa shape index (κ3) is 7.24. The summed E-state index contributed by atoms with van der Waals surface area (Å²) in [5, 5.41) is 2.52. The van der Waals surface area contributed by atoms with Crippen molar-refractivity contribution in [2.45, 2.75) is 50.2 Å². The van der Waals surface area contributed by atoms with Crippen molar-refractivity contribution in [2.75, 3.05) is 51.3 Å². The van der Waals surface area contributed by atoms with Gasteiger partial charge < -0.3 is 15.0 Å². The number of halogens is 3. The molecule has 2 aliphatic heterocycles. The van der Waals surface area contributed by atoms with Gasteiger partial charge in [0.15, 0.2) is 0 Å². The molecule has 0 spiro atoms. The van der Waals surface area contributed by atoms with Crippen molar-refractivity contribution < 1.29 is 22.7 Å². The fourth-order valence-electron chi connectivity index (χ4n) is 5.20. The molecule has 0 radical (unpaired) electrons. The van der Waals surface area contributed by atoms with E-state index in [0.717, 1.165) is 64.5 Å². The summed E-state index contributed by atoms with van der Waals surface area (Å²) >= 11 is 0. The third-order valence-electron chi connectivity index (χ3n) is 7.29. The zero-order valence-corrected chi connectivity index (χ0v) is 20.5. The molecule has 7 nitrogen and oxygen atoms in total. The van der Waals surface area contributed by atoms with E-state index in [1.165, 1.54) is 17.7 Å². The number of piperazine rings is 1. The number of ether oxygens (including phenoxy) is 1. The van der Waals surface area contributed by atoms with Crippen molar-refractivity contribution in [1.82, 2.24) is 19.8 Å². The molecule has 2 saturated heterocycles. The smallest absolute Gasteiger partial charge is 0.381 e. The second kappa shape index (κ2) is 12.1. The number of carbonyl (C=O) groups excluding carboxylic acids is 1. The number of aromatic nitrogens is 2. The predicted octanol–water partition coefficient (Wildman–Crippen LogP) is 4.01. The van der Waals surface area contributed by atoms with Gasteiger partial charge in [-0.05, 0) is 61.9 Å². The van der Waals surface area contributed by atoms with Crippen LogP contribution in [0, 0.1) is 0 Å². The van der Waals surface area contributed by atoms with Crippen molar-refractivity contribution in [3.05, 3.63) is 54.0 Å². The molecule has 0 unspecified atom stereocenters. The van der Waals surface area contributed by atoms with Crippen LogP contribution in [0.1, 0.15) is 43.4 Å². The molecule has 196 valence electrons. The van der Waals surface area contributed by atoms with Crippen molar-refractivity contribution in [3.8, 4) is 0 Å². The Bertz CT molecular complexity index is 975. The number of alkyl halides is 3. The van der Waals surface area contributed by atoms with Crippen LogP contribution >= 0.6 is 0 Å². The number of nitrogens with one attached hydrogen (secondary N) is 1. The minimum atomic E-state index is -4.54. The summed E-state index contributed by atoms with van der Waals surface area (Å²) in [4.78, 5) is 25.1. The molecule has 4 heterocycles. The Kier molecular flexibility index (Phi) is 8.92. The quantitative estimate of drug-likeness (QED) is 0.555. The van der Waals surface area contributed by atoms with E-state index in [9.17, 15) is 18.0 Å². The van der Waals surface area contributed by atoms with E-state index in [1.54, 1.807) is 0 Å². The average Bonchev–Trinajstić information content (AvgIpc) is 2.88. The topological polar surface area (TPSA) is 70.6 Å². The zero-order valence-electron chi connectivity index (χ0n) is 20.5. The van der Waals surface area contributed by atoms with Crippen LogP contribution < -0.4 is 5.32 Å². The van der Waals surface area contributed by atoms with Gasteiger partial charge in [0.1, 0.15) is 11.5 Å². The van der Waals surface area contributed by atoms with Crippen molar-refractivity contribution in [1.29, 1.82) is 0 Å². The number of carbonyl (C=O) groups is 1. The van der Waals surface area contributed by atoms with E-state index in [1.807, 2.05) is 12.4 Å². The first-order valence-corrected chi connectivity index (χ1v) is 12.6. The lowest BCUT2D eigenvalue weighted by molar-refractivity contribution is -0.141. The van der Waals surface area contributed by atoms with Crippen LogP contribution in [-0.2, 0) is 22.1 Å². The fourth-order valence-corrected chi connectivity index (χ4v) is 5.20. The molecule has 0 aromatic carbocycles. The highest BCUT2D eigenvalue weighted by Crippen LogP contribution is 2.34. The Morgan fingerprint density at radius 1 is 1.06 bits per heavy atom. The third-order valence-corrected chi connectivity index (χ3v) is 7.29. The molecule has 0 bridgehead atoms. The summed E-state index contributed by atoms with van der Waals surface area (Å²) in [6, 6.07) is 7.64. The Balaban J connectivity index is 1.26. The van der Waals surface area contributed by atoms with Gasteiger partial charge >= 0.3 is 6.18 Å². The van der Waals surface area contributed by atoms with Crippen LogP contribution in [0.25, 0.3) is 0 Å². The van der Waals surface area contributed by atoms with Crippen molar-refractivity contribution >= 4 is 11.7 Å². The van der Waals surface area contributed by atoms with E-state index >= 15 is 0 Å². The monoisotopic (exact) mass is 505 g/mol. The SMILES string of the molecule is O=C(CCCC1(N2CCN(CCc3ccncc3)CC2)CCOCC1)Nc1cccc(C(F)(F)F)n1. The number of nitrogens with zero attached hydrogens (tertiary/aromatic N) is 4. The Morgan fingerprint density at radius 2 is 1.78 bits per heavy atom. The first-order valence-electron chi connectivity index (χ1n) is 12.6. The Morgan fingerprint density at radius 3 is 2.47 bits per heavy atom. The standard InChI is InChI=1S/C26H34F3N5O2/c27-26(28,29)22-3-1-4-23(31-22)32-24(35)5-2-9-25(10-19-36-20-11-25)34-17-15-33(16-18-34)14-8-21-6-12-30-13-7-21/h1,3-4,6-7,12-13H,2,5,8-11,14-20H2,(H,31,32,35). The number of rotatable bonds is 9. The predicted molar refractivity (Wildman–Crippen MR) is 130 cm³/mol. The van der Waals surface area contributed by atoms with Crippen molar-refractivity contribution in [3.63, 3.8) is 0 Å². The second-order valence-electron chi connectivity index (χ2n) is 9.58. The molecule has 0 saturated carbocycles. The van der Waals surface area contributed by atoms with Crippen LogP contribution in [0.3, 0.4) is 0 Å². The summed E-state index contributed by atoms with van der Waals surface area (Å²) in [6.45, 7) is 6.43. The highest BCUT2D eigenvalue weighted by Gasteiger charge is 2.39. The summed E-state index contributed by atoms with van der Waals surface area (Å²) in [6.07, 6.45) is 3.76. The maximum atomic E-state index is 12.9. The molecule has 36 heavy (non-hydrogen) atoms. The Labute approximate surface area is 210 Å². The van der Waals surface area contributed by atoms with E-state index in [0.29, 0.717) is 19.6 Å². The van der Waals surface area contributed by atoms with Gasteiger partial charge in [-0.15, -0.1) is 0 Å². The molecule has 1 amide bonds. The lowest BCUT2D eigenvalue weighted by atomic mass is 9.82. The molecular weight excluding hydrogens is 471 g/mol. The van der Waals surface area contributed by atoms with Gasteiger partial charge in [0, 0.05) is 70.3 Å². The number of amides is 1. The van der Waals surface area contributed by atoms with Gasteiger partial charge in [-0.3, -0.25) is 14.7 Å². The summed E-state index contributed by atoms with van der Waals surface area (Å²) < 4.78 is 44.3. The number of pyridine rings is 2. The normalized spacial score (nSPS) is 19.2. The summed E-state index contributed by atoms with van der Waals surface area (Å²) in [5.74, 6) is -0.386. The number of hydrogen-bond donors (Lipinski definition) is 1.